The van der Waals surface area contributed by atoms with Crippen molar-refractivity contribution in [2.24, 2.45) is 14.1 Å². The predicted octanol–water partition coefficient (Wildman–Crippen LogP) is 3.96. The molecule has 1 fully saturated rings. The van der Waals surface area contributed by atoms with E-state index in [1.807, 2.05) is 59.6 Å². The summed E-state index contributed by atoms with van der Waals surface area (Å²) in [4.78, 5) is 38.6. The van der Waals surface area contributed by atoms with Gasteiger partial charge in [0.05, 0.1) is 17.3 Å². The van der Waals surface area contributed by atoms with Crippen LogP contribution in [0.15, 0.2) is 78.0 Å². The van der Waals surface area contributed by atoms with Gasteiger partial charge in [-0.05, 0) is 47.0 Å². The molecule has 0 atom stereocenters. The molecule has 1 aliphatic rings. The lowest BCUT2D eigenvalue weighted by atomic mass is 10.0. The highest BCUT2D eigenvalue weighted by Gasteiger charge is 2.25. The van der Waals surface area contributed by atoms with Gasteiger partial charge in [-0.1, -0.05) is 29.8 Å². The van der Waals surface area contributed by atoms with E-state index in [9.17, 15) is 9.59 Å². The van der Waals surface area contributed by atoms with Crippen LogP contribution < -0.4 is 15.8 Å². The molecule has 1 amide bonds. The Hall–Kier alpha value is -4.70. The molecule has 3 aromatic heterocycles. The number of anilines is 2. The Morgan fingerprint density at radius 2 is 1.76 bits per heavy atom. The topological polar surface area (TPSA) is 101 Å². The second-order valence-electron chi connectivity index (χ2n) is 10.1. The highest BCUT2D eigenvalue weighted by molar-refractivity contribution is 6.30. The van der Waals surface area contributed by atoms with Crippen LogP contribution in [0.5, 0.6) is 0 Å². The summed E-state index contributed by atoms with van der Waals surface area (Å²) in [6, 6.07) is 17.1. The summed E-state index contributed by atoms with van der Waals surface area (Å²) in [6.07, 6.45) is 5.16. The fraction of sp³-hybridized carbons (Fsp3) is 0.233. The minimum absolute atomic E-state index is 0.0213. The number of carbonyl (C=O) groups excluding carboxylic acids is 1. The van der Waals surface area contributed by atoms with Crippen LogP contribution in [0.2, 0.25) is 5.02 Å². The molecule has 5 aromatic rings. The van der Waals surface area contributed by atoms with Gasteiger partial charge in [0, 0.05) is 75.7 Å². The van der Waals surface area contributed by atoms with Gasteiger partial charge < -0.3 is 19.7 Å². The molecule has 0 radical (unpaired) electrons. The molecule has 4 heterocycles. The molecule has 0 unspecified atom stereocenters. The molecule has 0 aliphatic carbocycles. The van der Waals surface area contributed by atoms with Gasteiger partial charge in [0.2, 0.25) is 11.5 Å². The number of rotatable bonds is 6. The maximum absolute atomic E-state index is 12.9. The molecule has 1 N–H and O–H groups in total. The number of halogens is 1. The number of aryl methyl sites for hydroxylation is 2. The van der Waals surface area contributed by atoms with Crippen LogP contribution in [0, 0.1) is 0 Å². The molecule has 6 rings (SSSR count). The first-order valence-electron chi connectivity index (χ1n) is 13.3. The van der Waals surface area contributed by atoms with Crippen LogP contribution in [-0.2, 0) is 20.6 Å². The van der Waals surface area contributed by atoms with Gasteiger partial charge in [0.1, 0.15) is 5.82 Å². The average molecular weight is 569 g/mol. The third-order valence-electron chi connectivity index (χ3n) is 7.25. The van der Waals surface area contributed by atoms with Gasteiger partial charge in [0.15, 0.2) is 0 Å². The van der Waals surface area contributed by atoms with E-state index in [0.717, 1.165) is 27.6 Å². The molecule has 41 heavy (non-hydrogen) atoms. The molecule has 1 saturated heterocycles. The van der Waals surface area contributed by atoms with Gasteiger partial charge >= 0.3 is 0 Å². The Balaban J connectivity index is 1.30. The van der Waals surface area contributed by atoms with Crippen molar-refractivity contribution < 1.29 is 4.79 Å². The van der Waals surface area contributed by atoms with Crippen molar-refractivity contribution >= 4 is 40.2 Å². The first-order chi connectivity index (χ1) is 19.8. The van der Waals surface area contributed by atoms with E-state index >= 15 is 0 Å². The van der Waals surface area contributed by atoms with E-state index in [1.54, 1.807) is 41.8 Å². The number of hydrogen-bond acceptors (Lipinski definition) is 7. The third kappa shape index (κ3) is 5.64. The second-order valence-corrected chi connectivity index (χ2v) is 10.6. The number of fused-ring (bicyclic) bond motifs is 1. The van der Waals surface area contributed by atoms with Crippen LogP contribution in [0.25, 0.3) is 22.0 Å². The number of amides is 1. The Labute approximate surface area is 241 Å². The Kier molecular flexibility index (Phi) is 7.15. The summed E-state index contributed by atoms with van der Waals surface area (Å²) >= 11 is 6.22. The lowest BCUT2D eigenvalue weighted by Gasteiger charge is -2.34. The molecule has 11 heteroatoms. The predicted molar refractivity (Wildman–Crippen MR) is 160 cm³/mol. The second kappa shape index (κ2) is 11.1. The highest BCUT2D eigenvalue weighted by atomic mass is 35.5. The van der Waals surface area contributed by atoms with Crippen molar-refractivity contribution in [1.82, 2.24) is 29.2 Å². The van der Waals surface area contributed by atoms with E-state index in [-0.39, 0.29) is 11.5 Å². The number of nitrogens with one attached hydrogen (secondary N) is 1. The zero-order valence-corrected chi connectivity index (χ0v) is 23.5. The maximum Gasteiger partial charge on any atom is 0.257 e. The van der Waals surface area contributed by atoms with Gasteiger partial charge in [0.25, 0.3) is 5.91 Å². The van der Waals surface area contributed by atoms with Crippen LogP contribution in [0.4, 0.5) is 11.8 Å². The summed E-state index contributed by atoms with van der Waals surface area (Å²) in [5.41, 5.74) is 4.23. The SMILES string of the molecule is Cn1cc(C(=O)N2CCN(c3nc(NCc4cccc(Cl)c4)c4cc(-c5ccc(=O)n(C)c5)ccc4n3)CC2)cn1. The van der Waals surface area contributed by atoms with E-state index in [4.69, 9.17) is 21.6 Å². The molecular weight excluding hydrogens is 540 g/mol. The maximum atomic E-state index is 12.9. The largest absolute Gasteiger partial charge is 0.365 e. The summed E-state index contributed by atoms with van der Waals surface area (Å²) in [7, 11) is 3.54. The zero-order chi connectivity index (χ0) is 28.5. The molecular formula is C30H29ClN8O2. The fourth-order valence-electron chi connectivity index (χ4n) is 4.99. The van der Waals surface area contributed by atoms with Gasteiger partial charge in [-0.2, -0.15) is 10.1 Å². The van der Waals surface area contributed by atoms with Gasteiger partial charge in [-0.15, -0.1) is 0 Å². The number of benzene rings is 2. The minimum Gasteiger partial charge on any atom is -0.365 e. The van der Waals surface area contributed by atoms with Gasteiger partial charge in [-0.25, -0.2) is 4.98 Å². The number of hydrogen-bond donors (Lipinski definition) is 1. The van der Waals surface area contributed by atoms with Crippen LogP contribution in [0.3, 0.4) is 0 Å². The number of piperazine rings is 1. The summed E-state index contributed by atoms with van der Waals surface area (Å²) < 4.78 is 3.20. The zero-order valence-electron chi connectivity index (χ0n) is 22.8. The Morgan fingerprint density at radius 1 is 0.951 bits per heavy atom. The van der Waals surface area contributed by atoms with E-state index in [2.05, 4.69) is 15.3 Å². The standard InChI is InChI=1S/C30H29ClN8O2/c1-36-18-22(7-9-27(36)40)21-6-8-26-25(15-21)28(32-16-20-4-3-5-24(31)14-20)35-30(34-26)39-12-10-38(11-13-39)29(41)23-17-33-37(2)19-23/h3-9,14-15,17-19H,10-13,16H2,1-2H3,(H,32,34,35). The van der Waals surface area contributed by atoms with Crippen LogP contribution in [-0.4, -0.2) is 61.3 Å². The molecule has 10 nitrogen and oxygen atoms in total. The molecule has 1 aliphatic heterocycles. The van der Waals surface area contributed by atoms with Crippen molar-refractivity contribution in [2.75, 3.05) is 36.4 Å². The third-order valence-corrected chi connectivity index (χ3v) is 7.49. The van der Waals surface area contributed by atoms with Crippen LogP contribution in [0.1, 0.15) is 15.9 Å². The lowest BCUT2D eigenvalue weighted by molar-refractivity contribution is 0.0746. The smallest absolute Gasteiger partial charge is 0.257 e. The van der Waals surface area contributed by atoms with Crippen molar-refractivity contribution in [3.8, 4) is 11.1 Å². The summed E-state index contributed by atoms with van der Waals surface area (Å²) in [6.45, 7) is 2.88. The molecule has 0 spiro atoms. The molecule has 0 saturated carbocycles. The van der Waals surface area contributed by atoms with Crippen molar-refractivity contribution in [2.45, 2.75) is 6.54 Å². The van der Waals surface area contributed by atoms with E-state index in [0.29, 0.717) is 55.1 Å². The average Bonchev–Trinajstić information content (AvgIpc) is 3.43. The molecule has 0 bridgehead atoms. The first kappa shape index (κ1) is 26.5. The summed E-state index contributed by atoms with van der Waals surface area (Å²) in [5, 5.41) is 9.16. The quantitative estimate of drug-likeness (QED) is 0.331. The van der Waals surface area contributed by atoms with E-state index < -0.39 is 0 Å². The van der Waals surface area contributed by atoms with Crippen molar-refractivity contribution in [3.05, 3.63) is 99.7 Å². The van der Waals surface area contributed by atoms with Crippen LogP contribution >= 0.6 is 11.6 Å². The number of aromatic nitrogens is 5. The Bertz CT molecular complexity index is 1810. The van der Waals surface area contributed by atoms with E-state index in [1.165, 1.54) is 0 Å². The normalized spacial score (nSPS) is 13.5. The fourth-order valence-corrected chi connectivity index (χ4v) is 5.21. The molecule has 2 aromatic carbocycles. The lowest BCUT2D eigenvalue weighted by Crippen LogP contribution is -2.49. The monoisotopic (exact) mass is 568 g/mol. The van der Waals surface area contributed by atoms with Crippen molar-refractivity contribution in [3.63, 3.8) is 0 Å². The Morgan fingerprint density at radius 3 is 2.49 bits per heavy atom. The minimum atomic E-state index is -0.0615. The first-order valence-corrected chi connectivity index (χ1v) is 13.7. The number of pyridine rings is 1. The van der Waals surface area contributed by atoms with Crippen molar-refractivity contribution in [1.29, 1.82) is 0 Å². The molecule has 208 valence electrons. The number of nitrogens with zero attached hydrogens (tertiary/aromatic N) is 7. The number of carbonyl (C=O) groups is 1. The highest BCUT2D eigenvalue weighted by Crippen LogP contribution is 2.30. The van der Waals surface area contributed by atoms with Gasteiger partial charge in [-0.3, -0.25) is 14.3 Å². The summed E-state index contributed by atoms with van der Waals surface area (Å²) in [5.74, 6) is 1.28.